The highest BCUT2D eigenvalue weighted by molar-refractivity contribution is 5.41. The van der Waals surface area contributed by atoms with Crippen LogP contribution in [0.1, 0.15) is 12.1 Å². The van der Waals surface area contributed by atoms with Crippen LogP contribution in [-0.4, -0.2) is 43.4 Å². The third-order valence-corrected chi connectivity index (χ3v) is 5.22. The van der Waals surface area contributed by atoms with E-state index in [0.717, 1.165) is 61.5 Å². The molecule has 2 saturated heterocycles. The number of hydrogen-bond acceptors (Lipinski definition) is 5. The van der Waals surface area contributed by atoms with Crippen LogP contribution < -0.4 is 4.90 Å². The van der Waals surface area contributed by atoms with Crippen molar-refractivity contribution in [2.24, 2.45) is 23.7 Å². The summed E-state index contributed by atoms with van der Waals surface area (Å²) in [5, 5.41) is 0. The van der Waals surface area contributed by atoms with Gasteiger partial charge in [0, 0.05) is 32.9 Å². The highest BCUT2D eigenvalue weighted by Crippen LogP contribution is 2.49. The number of nitrogens with zero attached hydrogens (tertiary/aromatic N) is 3. The molecule has 5 heteroatoms. The molecule has 5 nitrogen and oxygen atoms in total. The summed E-state index contributed by atoms with van der Waals surface area (Å²) in [4.78, 5) is 11.1. The summed E-state index contributed by atoms with van der Waals surface area (Å²) in [5.41, 5.74) is 0.955. The van der Waals surface area contributed by atoms with Crippen LogP contribution in [-0.2, 0) is 16.1 Å². The van der Waals surface area contributed by atoms with Gasteiger partial charge in [-0.3, -0.25) is 0 Å². The minimum atomic E-state index is 0.550. The molecule has 1 aliphatic carbocycles. The molecular formula is C15H21N3O2. The Kier molecular flexibility index (Phi) is 3.11. The van der Waals surface area contributed by atoms with Crippen LogP contribution >= 0.6 is 0 Å². The van der Waals surface area contributed by atoms with Gasteiger partial charge in [-0.05, 0) is 30.1 Å². The maximum absolute atomic E-state index is 5.65. The van der Waals surface area contributed by atoms with Crippen molar-refractivity contribution in [1.82, 2.24) is 9.97 Å². The van der Waals surface area contributed by atoms with Gasteiger partial charge in [0.2, 0.25) is 0 Å². The maximum atomic E-state index is 5.65. The lowest BCUT2D eigenvalue weighted by Gasteiger charge is -2.21. The van der Waals surface area contributed by atoms with Crippen molar-refractivity contribution in [2.45, 2.75) is 13.0 Å². The predicted molar refractivity (Wildman–Crippen MR) is 74.4 cm³/mol. The lowest BCUT2D eigenvalue weighted by atomic mass is 9.91. The van der Waals surface area contributed by atoms with Gasteiger partial charge in [0.05, 0.1) is 18.9 Å². The van der Waals surface area contributed by atoms with Crippen molar-refractivity contribution in [1.29, 1.82) is 0 Å². The van der Waals surface area contributed by atoms with Gasteiger partial charge in [0.15, 0.2) is 0 Å². The molecule has 0 amide bonds. The van der Waals surface area contributed by atoms with Gasteiger partial charge >= 0.3 is 0 Å². The summed E-state index contributed by atoms with van der Waals surface area (Å²) in [6.45, 7) is 4.77. The Morgan fingerprint density at radius 1 is 1.25 bits per heavy atom. The number of ether oxygens (including phenoxy) is 2. The van der Waals surface area contributed by atoms with Crippen LogP contribution in [0.25, 0.3) is 0 Å². The fourth-order valence-electron chi connectivity index (χ4n) is 4.32. The first kappa shape index (κ1) is 12.5. The molecule has 3 fully saturated rings. The summed E-state index contributed by atoms with van der Waals surface area (Å²) in [6, 6.07) is 2.06. The summed E-state index contributed by atoms with van der Waals surface area (Å²) in [7, 11) is 1.70. The van der Waals surface area contributed by atoms with Gasteiger partial charge in [0.25, 0.3) is 0 Å². The molecule has 3 aliphatic rings. The predicted octanol–water partition coefficient (Wildman–Crippen LogP) is 1.34. The van der Waals surface area contributed by atoms with E-state index in [9.17, 15) is 0 Å². The van der Waals surface area contributed by atoms with E-state index in [-0.39, 0.29) is 0 Å². The number of hydrogen-bond donors (Lipinski definition) is 0. The molecule has 0 N–H and O–H groups in total. The highest BCUT2D eigenvalue weighted by Gasteiger charge is 2.50. The first-order chi connectivity index (χ1) is 9.85. The molecule has 0 radical (unpaired) electrons. The molecule has 1 aromatic heterocycles. The van der Waals surface area contributed by atoms with Crippen LogP contribution in [0.5, 0.6) is 0 Å². The van der Waals surface area contributed by atoms with Gasteiger partial charge < -0.3 is 14.4 Å². The lowest BCUT2D eigenvalue weighted by Crippen LogP contribution is -2.25. The number of fused-ring (bicyclic) bond motifs is 3. The van der Waals surface area contributed by atoms with Gasteiger partial charge in [-0.25, -0.2) is 9.97 Å². The van der Waals surface area contributed by atoms with Crippen LogP contribution in [0, 0.1) is 23.7 Å². The van der Waals surface area contributed by atoms with E-state index < -0.39 is 0 Å². The van der Waals surface area contributed by atoms with E-state index in [1.807, 2.05) is 0 Å². The van der Waals surface area contributed by atoms with E-state index in [1.54, 1.807) is 13.4 Å². The number of methoxy groups -OCH3 is 1. The van der Waals surface area contributed by atoms with Crippen LogP contribution in [0.15, 0.2) is 12.4 Å². The fourth-order valence-corrected chi connectivity index (χ4v) is 4.32. The van der Waals surface area contributed by atoms with E-state index in [4.69, 9.17) is 9.47 Å². The Labute approximate surface area is 119 Å². The van der Waals surface area contributed by atoms with Gasteiger partial charge in [0.1, 0.15) is 12.1 Å². The van der Waals surface area contributed by atoms with Crippen LogP contribution in [0.2, 0.25) is 0 Å². The molecule has 4 atom stereocenters. The minimum absolute atomic E-state index is 0.550. The lowest BCUT2D eigenvalue weighted by molar-refractivity contribution is 0.158. The largest absolute Gasteiger partial charge is 0.381 e. The van der Waals surface area contributed by atoms with Crippen molar-refractivity contribution in [3.8, 4) is 0 Å². The van der Waals surface area contributed by atoms with E-state index >= 15 is 0 Å². The van der Waals surface area contributed by atoms with Crippen molar-refractivity contribution < 1.29 is 9.47 Å². The Morgan fingerprint density at radius 2 is 2.20 bits per heavy atom. The Hall–Kier alpha value is -1.20. The number of rotatable bonds is 3. The second kappa shape index (κ2) is 4.97. The summed E-state index contributed by atoms with van der Waals surface area (Å²) in [6.07, 6.45) is 2.99. The molecular weight excluding hydrogens is 254 g/mol. The monoisotopic (exact) mass is 275 g/mol. The molecule has 20 heavy (non-hydrogen) atoms. The Balaban J connectivity index is 1.50. The second-order valence-corrected chi connectivity index (χ2v) is 6.33. The molecule has 0 unspecified atom stereocenters. The molecule has 3 heterocycles. The number of aromatic nitrogens is 2. The summed E-state index contributed by atoms with van der Waals surface area (Å²) < 4.78 is 10.8. The normalized spacial score (nSPS) is 35.4. The molecule has 1 aromatic rings. The first-order valence-electron chi connectivity index (χ1n) is 7.47. The zero-order valence-corrected chi connectivity index (χ0v) is 11.9. The average Bonchev–Trinajstić information content (AvgIpc) is 3.10. The smallest absolute Gasteiger partial charge is 0.132 e. The number of anilines is 1. The topological polar surface area (TPSA) is 47.5 Å². The van der Waals surface area contributed by atoms with Crippen molar-refractivity contribution in [3.05, 3.63) is 18.1 Å². The maximum Gasteiger partial charge on any atom is 0.132 e. The highest BCUT2D eigenvalue weighted by atomic mass is 16.5. The third-order valence-electron chi connectivity index (χ3n) is 5.22. The van der Waals surface area contributed by atoms with E-state index in [1.165, 1.54) is 6.42 Å². The van der Waals surface area contributed by atoms with E-state index in [0.29, 0.717) is 6.61 Å². The van der Waals surface area contributed by atoms with Gasteiger partial charge in [-0.15, -0.1) is 0 Å². The minimum Gasteiger partial charge on any atom is -0.381 e. The van der Waals surface area contributed by atoms with Crippen molar-refractivity contribution in [3.63, 3.8) is 0 Å². The zero-order chi connectivity index (χ0) is 13.5. The summed E-state index contributed by atoms with van der Waals surface area (Å²) >= 11 is 0. The molecule has 2 aliphatic heterocycles. The SMILES string of the molecule is COCc1cc(N2C[C@@H]3C[C@@H]4COC[C@@H]4[C@@H]3C2)ncn1. The molecule has 0 aromatic carbocycles. The molecule has 0 spiro atoms. The van der Waals surface area contributed by atoms with Crippen molar-refractivity contribution in [2.75, 3.05) is 38.3 Å². The first-order valence-corrected chi connectivity index (χ1v) is 7.47. The summed E-state index contributed by atoms with van der Waals surface area (Å²) in [5.74, 6) is 4.28. The zero-order valence-electron chi connectivity index (χ0n) is 11.9. The van der Waals surface area contributed by atoms with E-state index in [2.05, 4.69) is 20.9 Å². The Morgan fingerprint density at radius 3 is 3.10 bits per heavy atom. The van der Waals surface area contributed by atoms with Crippen molar-refractivity contribution >= 4 is 5.82 Å². The quantitative estimate of drug-likeness (QED) is 0.833. The average molecular weight is 275 g/mol. The Bertz CT molecular complexity index is 496. The molecule has 1 saturated carbocycles. The van der Waals surface area contributed by atoms with Gasteiger partial charge in [-0.1, -0.05) is 0 Å². The molecule has 4 rings (SSSR count). The van der Waals surface area contributed by atoms with Crippen LogP contribution in [0.3, 0.4) is 0 Å². The standard InChI is InChI=1S/C15H21N3O2/c1-19-7-12-3-15(17-9-16-12)18-4-10-2-11-6-20-8-14(11)13(10)5-18/h3,9-11,13-14H,2,4-8H2,1H3/t10-,11+,13+,14-/m0/s1. The molecule has 108 valence electrons. The molecule has 0 bridgehead atoms. The van der Waals surface area contributed by atoms with Gasteiger partial charge in [-0.2, -0.15) is 0 Å². The van der Waals surface area contributed by atoms with Crippen LogP contribution in [0.4, 0.5) is 5.82 Å². The third kappa shape index (κ3) is 2.00. The second-order valence-electron chi connectivity index (χ2n) is 6.33. The fraction of sp³-hybridized carbons (Fsp3) is 0.733.